The van der Waals surface area contributed by atoms with Crippen molar-refractivity contribution in [3.8, 4) is 6.01 Å². The molecule has 0 fully saturated rings. The molecule has 0 amide bonds. The second-order valence-electron chi connectivity index (χ2n) is 2.34. The largest absolute Gasteiger partial charge is 0.482 e. The molecule has 1 rings (SSSR count). The fourth-order valence-corrected chi connectivity index (χ4v) is 1.42. The molecule has 0 saturated heterocycles. The van der Waals surface area contributed by atoms with E-state index in [1.807, 2.05) is 0 Å². The van der Waals surface area contributed by atoms with E-state index in [0.717, 1.165) is 0 Å². The first kappa shape index (κ1) is 11.9. The lowest BCUT2D eigenvalue weighted by Crippen LogP contribution is -2.05. The first-order valence-electron chi connectivity index (χ1n) is 3.91. The van der Waals surface area contributed by atoms with Gasteiger partial charge < -0.3 is 15.2 Å². The number of ether oxygens (including phenoxy) is 2. The number of rotatable bonds is 3. The average molecular weight is 246 g/mol. The van der Waals surface area contributed by atoms with E-state index >= 15 is 0 Å². The summed E-state index contributed by atoms with van der Waals surface area (Å²) in [6.45, 7) is 0. The van der Waals surface area contributed by atoms with Gasteiger partial charge in [-0.15, -0.1) is 0 Å². The Bertz CT molecular complexity index is 361. The number of thioether (sulfide) groups is 1. The van der Waals surface area contributed by atoms with Gasteiger partial charge in [-0.25, -0.2) is 0 Å². The number of aromatic nitrogens is 3. The van der Waals surface area contributed by atoms with Crippen molar-refractivity contribution in [2.75, 3.05) is 20.0 Å². The van der Waals surface area contributed by atoms with Crippen molar-refractivity contribution in [3.63, 3.8) is 0 Å². The second kappa shape index (κ2) is 5.66. The van der Waals surface area contributed by atoms with E-state index in [2.05, 4.69) is 15.0 Å². The van der Waals surface area contributed by atoms with Crippen molar-refractivity contribution < 1.29 is 9.47 Å². The van der Waals surface area contributed by atoms with Gasteiger partial charge in [0.15, 0.2) is 0 Å². The maximum Gasteiger partial charge on any atom is 0.321 e. The van der Waals surface area contributed by atoms with Gasteiger partial charge in [0.2, 0.25) is 10.3 Å². The normalized spacial score (nSPS) is 9.73. The zero-order valence-electron chi connectivity index (χ0n) is 8.26. The van der Waals surface area contributed by atoms with Crippen molar-refractivity contribution in [3.05, 3.63) is 5.82 Å². The number of nitrogen functional groups attached to an aromatic ring is 1. The minimum atomic E-state index is 0.126. The van der Waals surface area contributed by atoms with Crippen molar-refractivity contribution >= 4 is 34.3 Å². The molecule has 0 aliphatic carbocycles. The van der Waals surface area contributed by atoms with E-state index in [4.69, 9.17) is 27.4 Å². The molecule has 6 nitrogen and oxygen atoms in total. The molecule has 8 heteroatoms. The third kappa shape index (κ3) is 3.84. The van der Waals surface area contributed by atoms with Gasteiger partial charge in [-0.1, -0.05) is 11.8 Å². The van der Waals surface area contributed by atoms with Crippen molar-refractivity contribution in [1.29, 1.82) is 0 Å². The topological polar surface area (TPSA) is 83.2 Å². The molecule has 0 aliphatic rings. The predicted octanol–water partition coefficient (Wildman–Crippen LogP) is 0.627. The molecule has 0 atom stereocenters. The fraction of sp³-hybridized carbons (Fsp3) is 0.429. The van der Waals surface area contributed by atoms with Crippen LogP contribution >= 0.6 is 24.0 Å². The minimum absolute atomic E-state index is 0.126. The first-order chi connectivity index (χ1) is 7.15. The van der Waals surface area contributed by atoms with Gasteiger partial charge in [-0.3, -0.25) is 0 Å². The maximum atomic E-state index is 5.46. The van der Waals surface area contributed by atoms with Gasteiger partial charge in [0, 0.05) is 0 Å². The Morgan fingerprint density at radius 3 is 2.73 bits per heavy atom. The highest BCUT2D eigenvalue weighted by Crippen LogP contribution is 2.13. The fourth-order valence-electron chi connectivity index (χ4n) is 0.754. The van der Waals surface area contributed by atoms with Gasteiger partial charge in [0.1, 0.15) is 5.82 Å². The number of hydrogen-bond acceptors (Lipinski definition) is 8. The summed E-state index contributed by atoms with van der Waals surface area (Å²) in [5, 5.41) is 0. The van der Waals surface area contributed by atoms with Crippen LogP contribution in [0.15, 0.2) is 0 Å². The quantitative estimate of drug-likeness (QED) is 0.777. The van der Waals surface area contributed by atoms with Crippen LogP contribution < -0.4 is 10.5 Å². The molecule has 82 valence electrons. The SMILES string of the molecule is COC(=S)SCc1nc(N)nc(OC)n1. The average Bonchev–Trinajstić information content (AvgIpc) is 2.25. The molecule has 0 spiro atoms. The number of thiocarbonyl (C=S) groups is 1. The number of methoxy groups -OCH3 is 2. The molecular formula is C7H10N4O2S2. The number of nitrogens with zero attached hydrogens (tertiary/aromatic N) is 3. The van der Waals surface area contributed by atoms with Crippen LogP contribution in [0.3, 0.4) is 0 Å². The molecule has 1 aromatic heterocycles. The molecule has 1 aromatic rings. The Morgan fingerprint density at radius 1 is 1.40 bits per heavy atom. The van der Waals surface area contributed by atoms with Crippen molar-refractivity contribution in [2.24, 2.45) is 0 Å². The van der Waals surface area contributed by atoms with E-state index in [9.17, 15) is 0 Å². The summed E-state index contributed by atoms with van der Waals surface area (Å²) in [5.41, 5.74) is 5.46. The highest BCUT2D eigenvalue weighted by Gasteiger charge is 2.06. The van der Waals surface area contributed by atoms with Crippen LogP contribution in [-0.2, 0) is 10.5 Å². The van der Waals surface area contributed by atoms with Gasteiger partial charge >= 0.3 is 6.01 Å². The molecule has 2 N–H and O–H groups in total. The molecule has 0 aromatic carbocycles. The summed E-state index contributed by atoms with van der Waals surface area (Å²) in [7, 11) is 2.98. The Labute approximate surface area is 96.6 Å². The second-order valence-corrected chi connectivity index (χ2v) is 3.92. The van der Waals surface area contributed by atoms with Crippen LogP contribution in [0.4, 0.5) is 5.95 Å². The van der Waals surface area contributed by atoms with Crippen LogP contribution in [0.25, 0.3) is 0 Å². The molecule has 0 unspecified atom stereocenters. The van der Waals surface area contributed by atoms with E-state index in [1.165, 1.54) is 26.0 Å². The highest BCUT2D eigenvalue weighted by atomic mass is 32.2. The summed E-state index contributed by atoms with van der Waals surface area (Å²) in [5.74, 6) is 1.10. The van der Waals surface area contributed by atoms with Crippen LogP contribution in [0.1, 0.15) is 5.82 Å². The predicted molar refractivity (Wildman–Crippen MR) is 61.7 cm³/mol. The van der Waals surface area contributed by atoms with E-state index in [0.29, 0.717) is 16.0 Å². The lowest BCUT2D eigenvalue weighted by molar-refractivity contribution is 0.377. The molecule has 1 heterocycles. The zero-order valence-corrected chi connectivity index (χ0v) is 9.89. The summed E-state index contributed by atoms with van der Waals surface area (Å²) in [4.78, 5) is 11.7. The molecule has 0 radical (unpaired) electrons. The summed E-state index contributed by atoms with van der Waals surface area (Å²) >= 11 is 6.16. The Kier molecular flexibility index (Phi) is 4.50. The Hall–Kier alpha value is -1.15. The summed E-state index contributed by atoms with van der Waals surface area (Å²) in [6.07, 6.45) is 0. The monoisotopic (exact) mass is 246 g/mol. The van der Waals surface area contributed by atoms with Crippen LogP contribution in [-0.4, -0.2) is 33.6 Å². The third-order valence-electron chi connectivity index (χ3n) is 1.35. The number of anilines is 1. The van der Waals surface area contributed by atoms with Crippen molar-refractivity contribution in [1.82, 2.24) is 15.0 Å². The van der Waals surface area contributed by atoms with Crippen molar-refractivity contribution in [2.45, 2.75) is 5.75 Å². The first-order valence-corrected chi connectivity index (χ1v) is 5.30. The summed E-state index contributed by atoms with van der Waals surface area (Å²) in [6, 6.07) is 0.196. The number of hydrogen-bond donors (Lipinski definition) is 1. The smallest absolute Gasteiger partial charge is 0.321 e. The molecule has 0 aliphatic heterocycles. The molecule has 0 saturated carbocycles. The van der Waals surface area contributed by atoms with E-state index in [-0.39, 0.29) is 12.0 Å². The third-order valence-corrected chi connectivity index (χ3v) is 2.67. The van der Waals surface area contributed by atoms with Gasteiger partial charge in [-0.2, -0.15) is 15.0 Å². The zero-order chi connectivity index (χ0) is 11.3. The van der Waals surface area contributed by atoms with Crippen LogP contribution in [0.2, 0.25) is 0 Å². The van der Waals surface area contributed by atoms with Gasteiger partial charge in [0.05, 0.1) is 20.0 Å². The standard InChI is InChI=1S/C7H10N4O2S2/c1-12-6-10-4(9-5(8)11-6)3-15-7(14)13-2/h3H2,1-2H3,(H2,8,9,10,11). The van der Waals surface area contributed by atoms with Crippen LogP contribution in [0, 0.1) is 0 Å². The lowest BCUT2D eigenvalue weighted by atomic mass is 10.7. The highest BCUT2D eigenvalue weighted by molar-refractivity contribution is 8.22. The van der Waals surface area contributed by atoms with E-state index in [1.54, 1.807) is 0 Å². The Balaban J connectivity index is 2.68. The molecule has 15 heavy (non-hydrogen) atoms. The lowest BCUT2D eigenvalue weighted by Gasteiger charge is -2.03. The Morgan fingerprint density at radius 2 is 2.13 bits per heavy atom. The number of nitrogens with two attached hydrogens (primary N) is 1. The minimum Gasteiger partial charge on any atom is -0.482 e. The maximum absolute atomic E-state index is 5.46. The van der Waals surface area contributed by atoms with Crippen LogP contribution in [0.5, 0.6) is 6.01 Å². The van der Waals surface area contributed by atoms with Gasteiger partial charge in [0.25, 0.3) is 0 Å². The molecule has 0 bridgehead atoms. The van der Waals surface area contributed by atoms with E-state index < -0.39 is 0 Å². The van der Waals surface area contributed by atoms with Gasteiger partial charge in [-0.05, 0) is 12.2 Å². The molecular weight excluding hydrogens is 236 g/mol. The summed E-state index contributed by atoms with van der Waals surface area (Å²) < 4.78 is 10.1.